The minimum atomic E-state index is -4.76. The SMILES string of the molecule is CCc1[nH]nc2ccc(C3C(C#N)=C(C(F)(F)F)N=C(C)C3C#N)cc12. The van der Waals surface area contributed by atoms with E-state index in [9.17, 15) is 23.7 Å². The Morgan fingerprint density at radius 3 is 2.58 bits per heavy atom. The summed E-state index contributed by atoms with van der Waals surface area (Å²) in [7, 11) is 0. The maximum atomic E-state index is 13.4. The molecule has 0 aliphatic carbocycles. The summed E-state index contributed by atoms with van der Waals surface area (Å²) in [4.78, 5) is 3.53. The predicted octanol–water partition coefficient (Wildman–Crippen LogP) is 4.16. The van der Waals surface area contributed by atoms with Crippen molar-refractivity contribution in [3.05, 3.63) is 40.7 Å². The van der Waals surface area contributed by atoms with Gasteiger partial charge in [0.2, 0.25) is 0 Å². The molecule has 0 amide bonds. The van der Waals surface area contributed by atoms with Gasteiger partial charge < -0.3 is 0 Å². The van der Waals surface area contributed by atoms with Crippen LogP contribution in [0.15, 0.2) is 34.5 Å². The number of aliphatic imine (C=N–C) groups is 1. The summed E-state index contributed by atoms with van der Waals surface area (Å²) < 4.78 is 40.1. The molecular weight excluding hydrogens is 343 g/mol. The highest BCUT2D eigenvalue weighted by Gasteiger charge is 2.44. The molecule has 2 atom stereocenters. The maximum Gasteiger partial charge on any atom is 0.434 e. The summed E-state index contributed by atoms with van der Waals surface area (Å²) in [6, 6.07) is 8.64. The van der Waals surface area contributed by atoms with E-state index in [0.29, 0.717) is 17.5 Å². The predicted molar refractivity (Wildman–Crippen MR) is 89.1 cm³/mol. The number of nitriles is 2. The number of alkyl halides is 3. The number of hydrogen-bond acceptors (Lipinski definition) is 4. The zero-order valence-electron chi connectivity index (χ0n) is 14.0. The number of aromatic nitrogens is 2. The molecule has 1 aromatic carbocycles. The molecule has 0 bridgehead atoms. The van der Waals surface area contributed by atoms with E-state index in [4.69, 9.17) is 0 Å². The fourth-order valence-electron chi connectivity index (χ4n) is 3.27. The van der Waals surface area contributed by atoms with E-state index >= 15 is 0 Å². The number of aromatic amines is 1. The van der Waals surface area contributed by atoms with Crippen molar-refractivity contribution in [1.82, 2.24) is 10.2 Å². The third-order valence-corrected chi connectivity index (χ3v) is 4.54. The molecule has 0 spiro atoms. The van der Waals surface area contributed by atoms with Gasteiger partial charge in [0.1, 0.15) is 0 Å². The van der Waals surface area contributed by atoms with Gasteiger partial charge in [-0.1, -0.05) is 13.0 Å². The number of rotatable bonds is 2. The van der Waals surface area contributed by atoms with Gasteiger partial charge in [-0.3, -0.25) is 10.1 Å². The number of aryl methyl sites for hydroxylation is 1. The van der Waals surface area contributed by atoms with Gasteiger partial charge in [0.05, 0.1) is 29.1 Å². The molecule has 132 valence electrons. The van der Waals surface area contributed by atoms with Gasteiger partial charge >= 0.3 is 6.18 Å². The normalized spacial score (nSPS) is 20.7. The lowest BCUT2D eigenvalue weighted by Gasteiger charge is -2.28. The van der Waals surface area contributed by atoms with Crippen molar-refractivity contribution >= 4 is 16.6 Å². The standard InChI is InChI=1S/C18H14F3N5/c1-3-14-11-6-10(4-5-15(11)26-25-14)16-12(7-22)9(2)24-17(13(16)8-23)18(19,20)21/h4-6,12,16H,3H2,1-2H3,(H,25,26). The summed E-state index contributed by atoms with van der Waals surface area (Å²) in [6.45, 7) is 3.31. The third kappa shape index (κ3) is 2.74. The number of hydrogen-bond donors (Lipinski definition) is 1. The van der Waals surface area contributed by atoms with Gasteiger partial charge in [0, 0.05) is 22.7 Å². The fourth-order valence-corrected chi connectivity index (χ4v) is 3.27. The molecule has 2 heterocycles. The van der Waals surface area contributed by atoms with Gasteiger partial charge in [0.25, 0.3) is 0 Å². The third-order valence-electron chi connectivity index (χ3n) is 4.54. The van der Waals surface area contributed by atoms with Crippen LogP contribution in [-0.4, -0.2) is 22.1 Å². The van der Waals surface area contributed by atoms with Crippen molar-refractivity contribution in [3.63, 3.8) is 0 Å². The highest BCUT2D eigenvalue weighted by Crippen LogP contribution is 2.43. The Kier molecular flexibility index (Phi) is 4.29. The van der Waals surface area contributed by atoms with Crippen LogP contribution >= 0.6 is 0 Å². The van der Waals surface area contributed by atoms with E-state index < -0.39 is 29.3 Å². The Morgan fingerprint density at radius 2 is 2.00 bits per heavy atom. The topological polar surface area (TPSA) is 88.6 Å². The number of benzene rings is 1. The van der Waals surface area contributed by atoms with Crippen molar-refractivity contribution in [2.24, 2.45) is 10.9 Å². The monoisotopic (exact) mass is 357 g/mol. The maximum absolute atomic E-state index is 13.4. The summed E-state index contributed by atoms with van der Waals surface area (Å²) in [5.74, 6) is -1.96. The van der Waals surface area contributed by atoms with E-state index in [1.807, 2.05) is 13.0 Å². The lowest BCUT2D eigenvalue weighted by molar-refractivity contribution is -0.0935. The van der Waals surface area contributed by atoms with E-state index in [-0.39, 0.29) is 5.71 Å². The zero-order chi connectivity index (χ0) is 19.1. The van der Waals surface area contributed by atoms with Crippen LogP contribution in [0.5, 0.6) is 0 Å². The van der Waals surface area contributed by atoms with Crippen LogP contribution in [0.4, 0.5) is 13.2 Å². The number of allylic oxidation sites excluding steroid dienone is 2. The first-order chi connectivity index (χ1) is 12.3. The summed E-state index contributed by atoms with van der Waals surface area (Å²) in [5, 5.41) is 26.7. The summed E-state index contributed by atoms with van der Waals surface area (Å²) in [5.41, 5.74) is 0.279. The van der Waals surface area contributed by atoms with E-state index in [2.05, 4.69) is 15.2 Å². The number of halogens is 3. The van der Waals surface area contributed by atoms with Crippen LogP contribution in [0.2, 0.25) is 0 Å². The Morgan fingerprint density at radius 1 is 1.27 bits per heavy atom. The van der Waals surface area contributed by atoms with Gasteiger partial charge in [-0.2, -0.15) is 28.8 Å². The van der Waals surface area contributed by atoms with Crippen LogP contribution in [0.1, 0.15) is 31.0 Å². The average molecular weight is 357 g/mol. The van der Waals surface area contributed by atoms with Gasteiger partial charge in [0.15, 0.2) is 5.70 Å². The number of nitrogens with one attached hydrogen (secondary N) is 1. The molecule has 0 saturated heterocycles. The van der Waals surface area contributed by atoms with E-state index in [1.54, 1.807) is 24.3 Å². The van der Waals surface area contributed by atoms with Crippen molar-refractivity contribution in [1.29, 1.82) is 10.5 Å². The lowest BCUT2D eigenvalue weighted by Crippen LogP contribution is -2.29. The minimum absolute atomic E-state index is 0.0480. The molecule has 8 heteroatoms. The molecule has 5 nitrogen and oxygen atoms in total. The van der Waals surface area contributed by atoms with Crippen LogP contribution in [0.25, 0.3) is 10.9 Å². The molecule has 1 aliphatic heterocycles. The molecule has 26 heavy (non-hydrogen) atoms. The Bertz CT molecular complexity index is 1010. The van der Waals surface area contributed by atoms with Crippen molar-refractivity contribution < 1.29 is 13.2 Å². The van der Waals surface area contributed by atoms with Crippen LogP contribution in [0, 0.1) is 28.6 Å². The minimum Gasteiger partial charge on any atom is -0.281 e. The van der Waals surface area contributed by atoms with Gasteiger partial charge in [-0.15, -0.1) is 0 Å². The zero-order valence-corrected chi connectivity index (χ0v) is 14.0. The smallest absolute Gasteiger partial charge is 0.281 e. The lowest BCUT2D eigenvalue weighted by atomic mass is 9.76. The second kappa shape index (κ2) is 6.30. The second-order valence-electron chi connectivity index (χ2n) is 6.04. The Balaban J connectivity index is 2.26. The van der Waals surface area contributed by atoms with Gasteiger partial charge in [-0.05, 0) is 31.0 Å². The molecule has 1 N–H and O–H groups in total. The molecular formula is C18H14F3N5. The summed E-state index contributed by atoms with van der Waals surface area (Å²) in [6.07, 6.45) is -4.10. The van der Waals surface area contributed by atoms with E-state index in [0.717, 1.165) is 11.1 Å². The van der Waals surface area contributed by atoms with Gasteiger partial charge in [-0.25, -0.2) is 0 Å². The van der Waals surface area contributed by atoms with Crippen molar-refractivity contribution in [3.8, 4) is 12.1 Å². The first-order valence-electron chi connectivity index (χ1n) is 7.95. The fraction of sp³-hybridized carbons (Fsp3) is 0.333. The molecule has 2 aromatic rings. The number of fused-ring (bicyclic) bond motifs is 1. The highest BCUT2D eigenvalue weighted by atomic mass is 19.4. The Labute approximate surface area is 147 Å². The first kappa shape index (κ1) is 17.7. The molecule has 0 saturated carbocycles. The first-order valence-corrected chi connectivity index (χ1v) is 7.95. The molecule has 1 aromatic heterocycles. The van der Waals surface area contributed by atoms with Crippen molar-refractivity contribution in [2.45, 2.75) is 32.4 Å². The molecule has 0 fully saturated rings. The molecule has 2 unspecified atom stereocenters. The second-order valence-corrected chi connectivity index (χ2v) is 6.04. The number of nitrogens with zero attached hydrogens (tertiary/aromatic N) is 4. The quantitative estimate of drug-likeness (QED) is 0.875. The molecule has 3 rings (SSSR count). The number of H-pyrrole nitrogens is 1. The Hall–Kier alpha value is -3.13. The summed E-state index contributed by atoms with van der Waals surface area (Å²) >= 11 is 0. The van der Waals surface area contributed by atoms with Crippen LogP contribution in [-0.2, 0) is 6.42 Å². The van der Waals surface area contributed by atoms with Crippen molar-refractivity contribution in [2.75, 3.05) is 0 Å². The largest absolute Gasteiger partial charge is 0.434 e. The van der Waals surface area contributed by atoms with E-state index in [1.165, 1.54) is 6.92 Å². The average Bonchev–Trinajstić information content (AvgIpc) is 3.02. The van der Waals surface area contributed by atoms with Crippen LogP contribution < -0.4 is 0 Å². The molecule has 1 aliphatic rings. The molecule has 0 radical (unpaired) electrons. The highest BCUT2D eigenvalue weighted by molar-refractivity contribution is 5.91. The van der Waals surface area contributed by atoms with Crippen LogP contribution in [0.3, 0.4) is 0 Å².